The van der Waals surface area contributed by atoms with E-state index in [1.807, 2.05) is 0 Å². The summed E-state index contributed by atoms with van der Waals surface area (Å²) >= 11 is 0. The fourth-order valence-corrected chi connectivity index (χ4v) is 6.01. The molecule has 0 N–H and O–H groups in total. The number of aryl methyl sites for hydroxylation is 1. The molecule has 3 aliphatic rings. The van der Waals surface area contributed by atoms with Crippen molar-refractivity contribution in [1.82, 2.24) is 19.0 Å². The molecule has 0 unspecified atom stereocenters. The normalized spacial score (nSPS) is 27.0. The number of aromatic nitrogens is 2. The van der Waals surface area contributed by atoms with E-state index >= 15 is 0 Å². The van der Waals surface area contributed by atoms with Crippen molar-refractivity contribution < 1.29 is 31.1 Å². The number of halogens is 3. The minimum Gasteiger partial charge on any atom is -0.379 e. The molecule has 3 saturated heterocycles. The maximum atomic E-state index is 12.9. The van der Waals surface area contributed by atoms with Crippen LogP contribution in [0.15, 0.2) is 11.1 Å². The fraction of sp³-hybridized carbons (Fsp3) is 0.824. The monoisotopic (exact) mass is 438 g/mol. The molecule has 29 heavy (non-hydrogen) atoms. The summed E-state index contributed by atoms with van der Waals surface area (Å²) in [5, 5.41) is 2.88. The molecule has 0 aliphatic carbocycles. The van der Waals surface area contributed by atoms with Gasteiger partial charge in [-0.05, 0) is 19.3 Å². The number of ether oxygens (including phenoxy) is 2. The smallest absolute Gasteiger partial charge is 0.379 e. The highest BCUT2D eigenvalue weighted by Crippen LogP contribution is 2.39. The van der Waals surface area contributed by atoms with Gasteiger partial charge in [0.25, 0.3) is 10.0 Å². The SMILES string of the molecule is Cn1nc(C(F)(F)F)cc1S(=O)(=O)N1CCC2(CC1)C[C@@H](N1CCOCC1)CO2. The van der Waals surface area contributed by atoms with E-state index < -0.39 is 26.9 Å². The van der Waals surface area contributed by atoms with Crippen LogP contribution >= 0.6 is 0 Å². The number of sulfonamides is 1. The molecule has 4 heterocycles. The molecule has 8 nitrogen and oxygen atoms in total. The van der Waals surface area contributed by atoms with E-state index in [2.05, 4.69) is 10.00 Å². The summed E-state index contributed by atoms with van der Waals surface area (Å²) in [6.45, 7) is 4.19. The van der Waals surface area contributed by atoms with Gasteiger partial charge in [-0.1, -0.05) is 0 Å². The molecule has 12 heteroatoms. The number of piperidine rings is 1. The summed E-state index contributed by atoms with van der Waals surface area (Å²) in [5.74, 6) is 0. The second-order valence-electron chi connectivity index (χ2n) is 7.89. The molecule has 0 aromatic carbocycles. The van der Waals surface area contributed by atoms with Gasteiger partial charge in [-0.2, -0.15) is 22.6 Å². The molecule has 1 spiro atoms. The molecule has 4 rings (SSSR count). The third kappa shape index (κ3) is 4.05. The maximum absolute atomic E-state index is 12.9. The van der Waals surface area contributed by atoms with Crippen molar-refractivity contribution in [3.63, 3.8) is 0 Å². The second kappa shape index (κ2) is 7.49. The summed E-state index contributed by atoms with van der Waals surface area (Å²) in [6.07, 6.45) is -2.80. The van der Waals surface area contributed by atoms with E-state index in [1.165, 1.54) is 11.4 Å². The lowest BCUT2D eigenvalue weighted by molar-refractivity contribution is -0.141. The van der Waals surface area contributed by atoms with Gasteiger partial charge in [0.2, 0.25) is 0 Å². The molecule has 164 valence electrons. The number of alkyl halides is 3. The quantitative estimate of drug-likeness (QED) is 0.703. The highest BCUT2D eigenvalue weighted by Gasteiger charge is 2.47. The predicted octanol–water partition coefficient (Wildman–Crippen LogP) is 1.08. The number of morpholine rings is 1. The van der Waals surface area contributed by atoms with E-state index in [0.29, 0.717) is 44.8 Å². The van der Waals surface area contributed by atoms with Gasteiger partial charge in [0, 0.05) is 45.3 Å². The Balaban J connectivity index is 1.42. The molecule has 3 fully saturated rings. The number of hydrogen-bond donors (Lipinski definition) is 0. The minimum absolute atomic E-state index is 0.213. The first-order valence-electron chi connectivity index (χ1n) is 9.68. The van der Waals surface area contributed by atoms with Gasteiger partial charge in [0.1, 0.15) is 0 Å². The van der Waals surface area contributed by atoms with Crippen molar-refractivity contribution >= 4 is 10.0 Å². The lowest BCUT2D eigenvalue weighted by atomic mass is 9.88. The molecule has 0 saturated carbocycles. The highest BCUT2D eigenvalue weighted by molar-refractivity contribution is 7.89. The molecular weight excluding hydrogens is 413 g/mol. The first-order chi connectivity index (χ1) is 13.6. The van der Waals surface area contributed by atoms with Gasteiger partial charge >= 0.3 is 6.18 Å². The molecule has 0 amide bonds. The third-order valence-electron chi connectivity index (χ3n) is 6.12. The van der Waals surface area contributed by atoms with Crippen LogP contribution in [-0.2, 0) is 32.7 Å². The van der Waals surface area contributed by atoms with Gasteiger partial charge in [0.15, 0.2) is 10.7 Å². The summed E-state index contributed by atoms with van der Waals surface area (Å²) < 4.78 is 78.0. The zero-order valence-electron chi connectivity index (χ0n) is 16.2. The molecule has 1 aromatic rings. The average molecular weight is 438 g/mol. The lowest BCUT2D eigenvalue weighted by Crippen LogP contribution is -2.48. The Morgan fingerprint density at radius 3 is 2.41 bits per heavy atom. The van der Waals surface area contributed by atoms with Crippen LogP contribution in [-0.4, -0.2) is 85.0 Å². The van der Waals surface area contributed by atoms with Crippen molar-refractivity contribution in [1.29, 1.82) is 0 Å². The van der Waals surface area contributed by atoms with Gasteiger partial charge in [0.05, 0.1) is 25.4 Å². The Kier molecular flexibility index (Phi) is 5.43. The summed E-state index contributed by atoms with van der Waals surface area (Å²) in [7, 11) is -2.85. The second-order valence-corrected chi connectivity index (χ2v) is 9.78. The molecule has 1 atom stereocenters. The van der Waals surface area contributed by atoms with E-state index in [9.17, 15) is 21.6 Å². The zero-order valence-corrected chi connectivity index (χ0v) is 17.0. The van der Waals surface area contributed by atoms with E-state index in [-0.39, 0.29) is 18.7 Å². The first kappa shape index (κ1) is 21.0. The lowest BCUT2D eigenvalue weighted by Gasteiger charge is -2.38. The van der Waals surface area contributed by atoms with Crippen LogP contribution in [0.3, 0.4) is 0 Å². The van der Waals surface area contributed by atoms with Gasteiger partial charge in [-0.15, -0.1) is 0 Å². The van der Waals surface area contributed by atoms with Gasteiger partial charge in [-0.25, -0.2) is 8.42 Å². The van der Waals surface area contributed by atoms with Crippen LogP contribution in [0.4, 0.5) is 13.2 Å². The van der Waals surface area contributed by atoms with E-state index in [1.54, 1.807) is 0 Å². The maximum Gasteiger partial charge on any atom is 0.435 e. The van der Waals surface area contributed by atoms with Crippen molar-refractivity contribution in [2.24, 2.45) is 7.05 Å². The number of nitrogens with zero attached hydrogens (tertiary/aromatic N) is 4. The third-order valence-corrected chi connectivity index (χ3v) is 8.07. The summed E-state index contributed by atoms with van der Waals surface area (Å²) in [5.41, 5.74) is -1.57. The molecule has 0 radical (unpaired) electrons. The highest BCUT2D eigenvalue weighted by atomic mass is 32.2. The standard InChI is InChI=1S/C17H25F3N4O4S/c1-22-15(10-14(21-22)17(18,19)20)29(25,26)24-4-2-16(3-5-24)11-13(12-28-16)23-6-8-27-9-7-23/h10,13H,2-9,11-12H2,1H3/t13-/m1/s1. The first-order valence-corrected chi connectivity index (χ1v) is 11.1. The van der Waals surface area contributed by atoms with E-state index in [0.717, 1.165) is 24.2 Å². The Morgan fingerprint density at radius 1 is 1.17 bits per heavy atom. The van der Waals surface area contributed by atoms with E-state index in [4.69, 9.17) is 9.47 Å². The van der Waals surface area contributed by atoms with Gasteiger partial charge < -0.3 is 9.47 Å². The number of rotatable bonds is 3. The Hall–Kier alpha value is -1.21. The van der Waals surface area contributed by atoms with Crippen LogP contribution in [0.2, 0.25) is 0 Å². The average Bonchev–Trinajstić information content (AvgIpc) is 3.27. The van der Waals surface area contributed by atoms with Crippen LogP contribution in [0.25, 0.3) is 0 Å². The van der Waals surface area contributed by atoms with Crippen LogP contribution in [0.5, 0.6) is 0 Å². The van der Waals surface area contributed by atoms with Crippen molar-refractivity contribution in [2.75, 3.05) is 46.0 Å². The summed E-state index contributed by atoms with van der Waals surface area (Å²) in [4.78, 5) is 2.36. The zero-order chi connectivity index (χ0) is 20.9. The van der Waals surface area contributed by atoms with Crippen LogP contribution in [0.1, 0.15) is 25.0 Å². The van der Waals surface area contributed by atoms with Crippen LogP contribution in [0, 0.1) is 0 Å². The van der Waals surface area contributed by atoms with Gasteiger partial charge in [-0.3, -0.25) is 9.58 Å². The fourth-order valence-electron chi connectivity index (χ4n) is 4.44. The summed E-state index contributed by atoms with van der Waals surface area (Å²) in [6, 6.07) is 0.897. The molecular formula is C17H25F3N4O4S. The molecule has 1 aromatic heterocycles. The van der Waals surface area contributed by atoms with Crippen molar-refractivity contribution in [3.8, 4) is 0 Å². The molecule has 0 bridgehead atoms. The predicted molar refractivity (Wildman–Crippen MR) is 95.7 cm³/mol. The Morgan fingerprint density at radius 2 is 1.83 bits per heavy atom. The Bertz CT molecular complexity index is 843. The molecule has 3 aliphatic heterocycles. The number of hydrogen-bond acceptors (Lipinski definition) is 6. The van der Waals surface area contributed by atoms with Crippen LogP contribution < -0.4 is 0 Å². The van der Waals surface area contributed by atoms with Crippen molar-refractivity contribution in [2.45, 2.75) is 42.1 Å². The Labute approximate surface area is 167 Å². The minimum atomic E-state index is -4.69. The topological polar surface area (TPSA) is 76.9 Å². The van der Waals surface area contributed by atoms with Crippen molar-refractivity contribution in [3.05, 3.63) is 11.8 Å². The largest absolute Gasteiger partial charge is 0.435 e.